The minimum atomic E-state index is -0.838. The van der Waals surface area contributed by atoms with E-state index in [4.69, 9.17) is 16.2 Å². The fourth-order valence-corrected chi connectivity index (χ4v) is 4.69. The maximum absolute atomic E-state index is 6.31. The van der Waals surface area contributed by atoms with E-state index in [2.05, 4.69) is 31.2 Å². The second-order valence-corrected chi connectivity index (χ2v) is 8.82. The van der Waals surface area contributed by atoms with Crippen LogP contribution < -0.4 is 16.2 Å². The van der Waals surface area contributed by atoms with Gasteiger partial charge in [0.2, 0.25) is 0 Å². The molecular formula is C25H38N2O. The first kappa shape index (κ1) is 21.0. The van der Waals surface area contributed by atoms with Gasteiger partial charge in [-0.05, 0) is 67.4 Å². The highest BCUT2D eigenvalue weighted by molar-refractivity contribution is 5.32. The fraction of sp³-hybridized carbons (Fsp3) is 0.600. The highest BCUT2D eigenvalue weighted by Gasteiger charge is 2.27. The Morgan fingerprint density at radius 3 is 2.39 bits per heavy atom. The number of rotatable bonds is 9. The minimum Gasteiger partial charge on any atom is -0.469 e. The molecule has 4 N–H and O–H groups in total. The summed E-state index contributed by atoms with van der Waals surface area (Å²) in [5, 5.41) is 0. The zero-order chi connectivity index (χ0) is 19.8. The molecule has 1 unspecified atom stereocenters. The number of benzene rings is 1. The molecule has 0 aromatic heterocycles. The number of nitrogens with two attached hydrogens (primary N) is 2. The molecule has 1 fully saturated rings. The summed E-state index contributed by atoms with van der Waals surface area (Å²) in [6, 6.07) is 8.57. The lowest BCUT2D eigenvalue weighted by molar-refractivity contribution is 0.125. The third-order valence-corrected chi connectivity index (χ3v) is 6.39. The maximum atomic E-state index is 6.31. The average molecular weight is 383 g/mol. The van der Waals surface area contributed by atoms with Gasteiger partial charge in [-0.2, -0.15) is 0 Å². The lowest BCUT2D eigenvalue weighted by Gasteiger charge is -2.30. The Morgan fingerprint density at radius 2 is 1.71 bits per heavy atom. The lowest BCUT2D eigenvalue weighted by Crippen LogP contribution is -2.45. The molecule has 0 radical (unpaired) electrons. The van der Waals surface area contributed by atoms with E-state index in [9.17, 15) is 0 Å². The summed E-state index contributed by atoms with van der Waals surface area (Å²) in [6.45, 7) is 2.29. The van der Waals surface area contributed by atoms with Crippen LogP contribution in [-0.2, 0) is 0 Å². The SMILES string of the molecule is CCCCCCCC1CCC(c2ccc(OC3(N)C=CC=C(N)C3)cc2)CC1. The second kappa shape index (κ2) is 10.2. The quantitative estimate of drug-likeness (QED) is 0.397. The van der Waals surface area contributed by atoms with Crippen molar-refractivity contribution >= 4 is 0 Å². The van der Waals surface area contributed by atoms with Crippen molar-refractivity contribution in [2.24, 2.45) is 17.4 Å². The van der Waals surface area contributed by atoms with Crippen LogP contribution in [0.2, 0.25) is 0 Å². The molecular weight excluding hydrogens is 344 g/mol. The van der Waals surface area contributed by atoms with E-state index >= 15 is 0 Å². The van der Waals surface area contributed by atoms with Gasteiger partial charge in [0.1, 0.15) is 5.75 Å². The van der Waals surface area contributed by atoms with Crippen LogP contribution >= 0.6 is 0 Å². The lowest BCUT2D eigenvalue weighted by atomic mass is 9.77. The first-order valence-electron chi connectivity index (χ1n) is 11.3. The summed E-state index contributed by atoms with van der Waals surface area (Å²) in [6.07, 6.45) is 20.0. The van der Waals surface area contributed by atoms with Crippen LogP contribution in [0.15, 0.2) is 48.2 Å². The van der Waals surface area contributed by atoms with Crippen LogP contribution in [0.5, 0.6) is 5.75 Å². The summed E-state index contributed by atoms with van der Waals surface area (Å²) in [5.41, 5.74) is 13.6. The van der Waals surface area contributed by atoms with Crippen LogP contribution in [0.3, 0.4) is 0 Å². The van der Waals surface area contributed by atoms with Gasteiger partial charge in [0.05, 0.1) is 0 Å². The average Bonchev–Trinajstić information content (AvgIpc) is 2.68. The third kappa shape index (κ3) is 6.13. The van der Waals surface area contributed by atoms with E-state index < -0.39 is 5.72 Å². The standard InChI is InChI=1S/C25H38N2O/c1-2-3-4-5-6-8-20-10-12-21(13-11-20)22-14-16-24(17-15-22)28-25(27)18-7-9-23(26)19-25/h7,9,14-18,20-21H,2-6,8,10-13,19,26-27H2,1H3. The third-order valence-electron chi connectivity index (χ3n) is 6.39. The van der Waals surface area contributed by atoms with E-state index in [-0.39, 0.29) is 0 Å². The molecule has 0 spiro atoms. The highest BCUT2D eigenvalue weighted by Crippen LogP contribution is 2.38. The van der Waals surface area contributed by atoms with Crippen molar-refractivity contribution in [1.82, 2.24) is 0 Å². The summed E-state index contributed by atoms with van der Waals surface area (Å²) in [7, 11) is 0. The van der Waals surface area contributed by atoms with Crippen molar-refractivity contribution in [2.75, 3.05) is 0 Å². The first-order valence-corrected chi connectivity index (χ1v) is 11.3. The van der Waals surface area contributed by atoms with Crippen molar-refractivity contribution < 1.29 is 4.74 Å². The van der Waals surface area contributed by atoms with Crippen LogP contribution in [0.4, 0.5) is 0 Å². The smallest absolute Gasteiger partial charge is 0.183 e. The molecule has 0 saturated heterocycles. The molecule has 2 aliphatic carbocycles. The molecule has 0 heterocycles. The molecule has 0 aliphatic heterocycles. The molecule has 1 atom stereocenters. The Hall–Kier alpha value is -1.74. The van der Waals surface area contributed by atoms with Gasteiger partial charge in [-0.1, -0.05) is 63.7 Å². The zero-order valence-corrected chi connectivity index (χ0v) is 17.5. The fourth-order valence-electron chi connectivity index (χ4n) is 4.69. The Kier molecular flexibility index (Phi) is 7.61. The summed E-state index contributed by atoms with van der Waals surface area (Å²) < 4.78 is 6.01. The highest BCUT2D eigenvalue weighted by atomic mass is 16.5. The molecule has 3 heteroatoms. The van der Waals surface area contributed by atoms with Gasteiger partial charge in [-0.15, -0.1) is 0 Å². The normalized spacial score (nSPS) is 27.4. The number of unbranched alkanes of at least 4 members (excludes halogenated alkanes) is 4. The molecule has 0 amide bonds. The van der Waals surface area contributed by atoms with Crippen molar-refractivity contribution in [3.8, 4) is 5.75 Å². The molecule has 1 saturated carbocycles. The molecule has 154 valence electrons. The van der Waals surface area contributed by atoms with Crippen molar-refractivity contribution in [1.29, 1.82) is 0 Å². The number of hydrogen-bond donors (Lipinski definition) is 2. The van der Waals surface area contributed by atoms with Gasteiger partial charge in [0, 0.05) is 12.1 Å². The van der Waals surface area contributed by atoms with Gasteiger partial charge in [0.15, 0.2) is 5.72 Å². The van der Waals surface area contributed by atoms with Crippen molar-refractivity contribution in [2.45, 2.75) is 89.2 Å². The van der Waals surface area contributed by atoms with Crippen LogP contribution in [0.25, 0.3) is 0 Å². The Morgan fingerprint density at radius 1 is 1.00 bits per heavy atom. The van der Waals surface area contributed by atoms with E-state index in [0.29, 0.717) is 12.3 Å². The summed E-state index contributed by atoms with van der Waals surface area (Å²) >= 11 is 0. The maximum Gasteiger partial charge on any atom is 0.183 e. The van der Waals surface area contributed by atoms with Gasteiger partial charge in [0.25, 0.3) is 0 Å². The van der Waals surface area contributed by atoms with Crippen LogP contribution in [0.1, 0.15) is 89.0 Å². The van der Waals surface area contributed by atoms with E-state index in [0.717, 1.165) is 17.4 Å². The number of allylic oxidation sites excluding steroid dienone is 2. The minimum absolute atomic E-state index is 0.522. The molecule has 1 aromatic carbocycles. The predicted octanol–water partition coefficient (Wildman–Crippen LogP) is 6.16. The molecule has 2 aliphatic rings. The van der Waals surface area contributed by atoms with Gasteiger partial charge in [-0.25, -0.2) is 0 Å². The second-order valence-electron chi connectivity index (χ2n) is 8.82. The number of hydrogen-bond acceptors (Lipinski definition) is 3. The number of ether oxygens (including phenoxy) is 1. The molecule has 0 bridgehead atoms. The zero-order valence-electron chi connectivity index (χ0n) is 17.5. The Bertz CT molecular complexity index is 656. The van der Waals surface area contributed by atoms with Crippen molar-refractivity contribution in [3.05, 3.63) is 53.8 Å². The Labute approximate surface area is 171 Å². The molecule has 28 heavy (non-hydrogen) atoms. The Balaban J connectivity index is 1.43. The van der Waals surface area contributed by atoms with Gasteiger partial charge >= 0.3 is 0 Å². The van der Waals surface area contributed by atoms with Gasteiger partial charge in [-0.3, -0.25) is 5.73 Å². The monoisotopic (exact) mass is 382 g/mol. The van der Waals surface area contributed by atoms with E-state index in [1.165, 1.54) is 69.8 Å². The first-order chi connectivity index (χ1) is 13.6. The summed E-state index contributed by atoms with van der Waals surface area (Å²) in [5.74, 6) is 2.46. The molecule has 3 rings (SSSR count). The van der Waals surface area contributed by atoms with E-state index in [1.54, 1.807) is 0 Å². The van der Waals surface area contributed by atoms with E-state index in [1.807, 2.05) is 18.2 Å². The summed E-state index contributed by atoms with van der Waals surface area (Å²) in [4.78, 5) is 0. The van der Waals surface area contributed by atoms with Crippen LogP contribution in [0, 0.1) is 5.92 Å². The van der Waals surface area contributed by atoms with Gasteiger partial charge < -0.3 is 10.5 Å². The predicted molar refractivity (Wildman–Crippen MR) is 118 cm³/mol. The topological polar surface area (TPSA) is 61.3 Å². The molecule has 1 aromatic rings. The van der Waals surface area contributed by atoms with Crippen molar-refractivity contribution in [3.63, 3.8) is 0 Å². The largest absolute Gasteiger partial charge is 0.469 e. The van der Waals surface area contributed by atoms with Crippen LogP contribution in [-0.4, -0.2) is 5.72 Å². The molecule has 3 nitrogen and oxygen atoms in total.